The van der Waals surface area contributed by atoms with Gasteiger partial charge in [0.1, 0.15) is 5.37 Å². The lowest BCUT2D eigenvalue weighted by Crippen LogP contribution is -2.46. The lowest BCUT2D eigenvalue weighted by molar-refractivity contribution is 0.262. The molecular weight excluding hydrogens is 334 g/mol. The second-order valence-corrected chi connectivity index (χ2v) is 8.72. The molecule has 1 saturated heterocycles. The highest BCUT2D eigenvalue weighted by atomic mass is 79.9. The maximum atomic E-state index is 11.8. The molecule has 18 heavy (non-hydrogen) atoms. The number of hydrogen-bond acceptors (Lipinski definition) is 4. The summed E-state index contributed by atoms with van der Waals surface area (Å²) in [5.74, 6) is 1.68. The number of hydrogen-bond donors (Lipinski definition) is 0. The zero-order chi connectivity index (χ0) is 13.2. The van der Waals surface area contributed by atoms with E-state index < -0.39 is 9.84 Å². The zero-order valence-electron chi connectivity index (χ0n) is 10.2. The lowest BCUT2D eigenvalue weighted by atomic mass is 10.2. The third kappa shape index (κ3) is 3.73. The summed E-state index contributed by atoms with van der Waals surface area (Å²) < 4.78 is 24.6. The molecular formula is C12H16BrNO2S2. The molecule has 1 atom stereocenters. The maximum absolute atomic E-state index is 11.8. The second-order valence-electron chi connectivity index (χ2n) is 4.46. The molecule has 0 N–H and O–H groups in total. The van der Waals surface area contributed by atoms with Crippen molar-refractivity contribution in [2.75, 3.05) is 24.3 Å². The van der Waals surface area contributed by atoms with Crippen LogP contribution in [0.25, 0.3) is 0 Å². The van der Waals surface area contributed by atoms with E-state index in [-0.39, 0.29) is 5.37 Å². The molecule has 3 nitrogen and oxygen atoms in total. The molecule has 1 aliphatic heterocycles. The highest BCUT2D eigenvalue weighted by Gasteiger charge is 2.30. The monoisotopic (exact) mass is 349 g/mol. The van der Waals surface area contributed by atoms with E-state index in [0.717, 1.165) is 22.3 Å². The van der Waals surface area contributed by atoms with Gasteiger partial charge in [-0.25, -0.2) is 8.42 Å². The van der Waals surface area contributed by atoms with Crippen LogP contribution in [0.1, 0.15) is 5.56 Å². The SMILES string of the molecule is CS(=O)(=O)C1CSCCN1Cc1ccc(Br)cc1. The normalized spacial score (nSPS) is 22.0. The van der Waals surface area contributed by atoms with E-state index in [1.54, 1.807) is 11.8 Å². The average molecular weight is 350 g/mol. The highest BCUT2D eigenvalue weighted by molar-refractivity contribution is 9.10. The molecule has 0 spiro atoms. The number of benzene rings is 1. The first-order chi connectivity index (χ1) is 8.47. The number of nitrogens with zero attached hydrogens (tertiary/aromatic N) is 1. The molecule has 1 fully saturated rings. The van der Waals surface area contributed by atoms with Crippen molar-refractivity contribution < 1.29 is 8.42 Å². The van der Waals surface area contributed by atoms with Crippen LogP contribution in [0, 0.1) is 0 Å². The summed E-state index contributed by atoms with van der Waals surface area (Å²) in [5, 5.41) is -0.347. The summed E-state index contributed by atoms with van der Waals surface area (Å²) in [7, 11) is -3.01. The van der Waals surface area contributed by atoms with Crippen molar-refractivity contribution in [2.24, 2.45) is 0 Å². The van der Waals surface area contributed by atoms with Crippen LogP contribution < -0.4 is 0 Å². The predicted molar refractivity (Wildman–Crippen MR) is 80.5 cm³/mol. The summed E-state index contributed by atoms with van der Waals surface area (Å²) in [6.45, 7) is 1.53. The molecule has 0 amide bonds. The quantitative estimate of drug-likeness (QED) is 0.839. The van der Waals surface area contributed by atoms with Gasteiger partial charge < -0.3 is 0 Å². The first-order valence-electron chi connectivity index (χ1n) is 5.72. The van der Waals surface area contributed by atoms with Crippen LogP contribution in [0.15, 0.2) is 28.7 Å². The van der Waals surface area contributed by atoms with Crippen LogP contribution in [0.3, 0.4) is 0 Å². The minimum absolute atomic E-state index is 0.347. The Morgan fingerprint density at radius 1 is 1.39 bits per heavy atom. The number of halogens is 1. The van der Waals surface area contributed by atoms with Crippen molar-refractivity contribution in [1.82, 2.24) is 4.90 Å². The Morgan fingerprint density at radius 2 is 2.06 bits per heavy atom. The molecule has 1 heterocycles. The number of rotatable bonds is 3. The van der Waals surface area contributed by atoms with E-state index in [0.29, 0.717) is 12.3 Å². The van der Waals surface area contributed by atoms with Crippen molar-refractivity contribution in [2.45, 2.75) is 11.9 Å². The van der Waals surface area contributed by atoms with Gasteiger partial charge in [0.2, 0.25) is 0 Å². The molecule has 1 aromatic rings. The van der Waals surface area contributed by atoms with Crippen LogP contribution in [-0.2, 0) is 16.4 Å². The van der Waals surface area contributed by atoms with Gasteiger partial charge in [-0.3, -0.25) is 4.90 Å². The first-order valence-corrected chi connectivity index (χ1v) is 9.62. The Morgan fingerprint density at radius 3 is 2.67 bits per heavy atom. The molecule has 0 saturated carbocycles. The maximum Gasteiger partial charge on any atom is 0.164 e. The largest absolute Gasteiger partial charge is 0.281 e. The number of thioether (sulfide) groups is 1. The van der Waals surface area contributed by atoms with E-state index in [1.165, 1.54) is 6.26 Å². The second kappa shape index (κ2) is 5.94. The molecule has 2 rings (SSSR count). The molecule has 0 bridgehead atoms. The van der Waals surface area contributed by atoms with Crippen LogP contribution in [0.4, 0.5) is 0 Å². The molecule has 100 valence electrons. The van der Waals surface area contributed by atoms with Crippen LogP contribution >= 0.6 is 27.7 Å². The van der Waals surface area contributed by atoms with Crippen LogP contribution in [0.5, 0.6) is 0 Å². The Kier molecular flexibility index (Phi) is 4.75. The van der Waals surface area contributed by atoms with Gasteiger partial charge in [0, 0.05) is 35.3 Å². The summed E-state index contributed by atoms with van der Waals surface area (Å²) in [5.41, 5.74) is 1.15. The summed E-state index contributed by atoms with van der Waals surface area (Å²) >= 11 is 5.12. The number of sulfone groups is 1. The topological polar surface area (TPSA) is 37.4 Å². The first kappa shape index (κ1) is 14.4. The third-order valence-corrected chi connectivity index (χ3v) is 6.20. The van der Waals surface area contributed by atoms with Gasteiger partial charge in [-0.2, -0.15) is 11.8 Å². The standard InChI is InChI=1S/C12H16BrNO2S2/c1-18(15,16)12-9-17-7-6-14(12)8-10-2-4-11(13)5-3-10/h2-5,12H,6-9H2,1H3. The Balaban J connectivity index is 2.13. The van der Waals surface area contributed by atoms with Gasteiger partial charge in [-0.15, -0.1) is 0 Å². The van der Waals surface area contributed by atoms with Gasteiger partial charge >= 0.3 is 0 Å². The third-order valence-electron chi connectivity index (χ3n) is 2.98. The Bertz CT molecular complexity index is 501. The summed E-state index contributed by atoms with van der Waals surface area (Å²) in [6.07, 6.45) is 1.33. The van der Waals surface area contributed by atoms with Gasteiger partial charge in [0.05, 0.1) is 0 Å². The molecule has 1 aliphatic rings. The smallest absolute Gasteiger partial charge is 0.164 e. The van der Waals surface area contributed by atoms with Gasteiger partial charge in [0.25, 0.3) is 0 Å². The van der Waals surface area contributed by atoms with E-state index in [2.05, 4.69) is 20.8 Å². The molecule has 6 heteroatoms. The van der Waals surface area contributed by atoms with Crippen LogP contribution in [-0.4, -0.2) is 43.0 Å². The minimum atomic E-state index is -3.01. The fourth-order valence-corrected chi connectivity index (χ4v) is 5.22. The van der Waals surface area contributed by atoms with E-state index in [1.807, 2.05) is 24.3 Å². The molecule has 0 aliphatic carbocycles. The van der Waals surface area contributed by atoms with Gasteiger partial charge in [-0.1, -0.05) is 28.1 Å². The minimum Gasteiger partial charge on any atom is -0.281 e. The molecule has 0 aromatic heterocycles. The molecule has 1 unspecified atom stereocenters. The Labute approximate surface area is 121 Å². The summed E-state index contributed by atoms with van der Waals surface area (Å²) in [4.78, 5) is 2.06. The Hall–Kier alpha value is -0.0400. The average Bonchev–Trinajstić information content (AvgIpc) is 2.31. The van der Waals surface area contributed by atoms with Crippen molar-refractivity contribution >= 4 is 37.5 Å². The molecule has 1 aromatic carbocycles. The van der Waals surface area contributed by atoms with E-state index in [9.17, 15) is 8.42 Å². The van der Waals surface area contributed by atoms with Crippen molar-refractivity contribution in [3.8, 4) is 0 Å². The molecule has 0 radical (unpaired) electrons. The van der Waals surface area contributed by atoms with E-state index >= 15 is 0 Å². The van der Waals surface area contributed by atoms with Crippen molar-refractivity contribution in [3.05, 3.63) is 34.3 Å². The van der Waals surface area contributed by atoms with Crippen LogP contribution in [0.2, 0.25) is 0 Å². The fourth-order valence-electron chi connectivity index (χ4n) is 2.01. The summed E-state index contributed by atoms with van der Waals surface area (Å²) in [6, 6.07) is 8.04. The van der Waals surface area contributed by atoms with Gasteiger partial charge in [-0.05, 0) is 17.7 Å². The van der Waals surface area contributed by atoms with Gasteiger partial charge in [0.15, 0.2) is 9.84 Å². The zero-order valence-corrected chi connectivity index (χ0v) is 13.4. The predicted octanol–water partition coefficient (Wildman–Crippen LogP) is 2.37. The highest BCUT2D eigenvalue weighted by Crippen LogP contribution is 2.22. The van der Waals surface area contributed by atoms with Crippen molar-refractivity contribution in [3.63, 3.8) is 0 Å². The van der Waals surface area contributed by atoms with Crippen molar-refractivity contribution in [1.29, 1.82) is 0 Å². The fraction of sp³-hybridized carbons (Fsp3) is 0.500. The van der Waals surface area contributed by atoms with E-state index in [4.69, 9.17) is 0 Å². The lowest BCUT2D eigenvalue weighted by Gasteiger charge is -2.33.